The van der Waals surface area contributed by atoms with E-state index in [4.69, 9.17) is 27.9 Å². The Balaban J connectivity index is 1.61. The Kier molecular flexibility index (Phi) is 6.83. The number of nitrogens with zero attached hydrogens (tertiary/aromatic N) is 1. The van der Waals surface area contributed by atoms with Gasteiger partial charge in [0.25, 0.3) is 0 Å². The first kappa shape index (κ1) is 19.5. The molecule has 138 valence electrons. The monoisotopic (exact) mass is 409 g/mol. The van der Waals surface area contributed by atoms with E-state index in [1.807, 2.05) is 0 Å². The van der Waals surface area contributed by atoms with Crippen LogP contribution >= 0.6 is 34.5 Å². The molecule has 0 unspecified atom stereocenters. The van der Waals surface area contributed by atoms with Crippen LogP contribution < -0.4 is 4.74 Å². The predicted molar refractivity (Wildman–Crippen MR) is 106 cm³/mol. The molecule has 3 nitrogen and oxygen atoms in total. The zero-order valence-electron chi connectivity index (χ0n) is 14.3. The Morgan fingerprint density at radius 1 is 1.23 bits per heavy atom. The SMILES string of the molecule is N#C[C@@H]1C[C@@H](O)[C@H](COc2cc(Cl)cc(Cl)c2)[C@H]1CCCc1cccs1. The summed E-state index contributed by atoms with van der Waals surface area (Å²) in [7, 11) is 0. The quantitative estimate of drug-likeness (QED) is 0.647. The molecule has 0 saturated heterocycles. The van der Waals surface area contributed by atoms with Gasteiger partial charge in [0, 0.05) is 20.8 Å². The van der Waals surface area contributed by atoms with E-state index in [0.29, 0.717) is 28.8 Å². The Morgan fingerprint density at radius 3 is 2.65 bits per heavy atom. The summed E-state index contributed by atoms with van der Waals surface area (Å²) in [5.74, 6) is 0.558. The lowest BCUT2D eigenvalue weighted by molar-refractivity contribution is 0.0777. The fourth-order valence-corrected chi connectivity index (χ4v) is 5.02. The number of halogens is 2. The topological polar surface area (TPSA) is 53.2 Å². The number of ether oxygens (including phenoxy) is 1. The van der Waals surface area contributed by atoms with Crippen LogP contribution in [0.15, 0.2) is 35.7 Å². The van der Waals surface area contributed by atoms with E-state index in [1.165, 1.54) is 4.88 Å². The summed E-state index contributed by atoms with van der Waals surface area (Å²) in [5, 5.41) is 23.0. The molecule has 0 amide bonds. The lowest BCUT2D eigenvalue weighted by Gasteiger charge is -2.23. The van der Waals surface area contributed by atoms with Gasteiger partial charge in [0.15, 0.2) is 0 Å². The highest BCUT2D eigenvalue weighted by Gasteiger charge is 2.42. The van der Waals surface area contributed by atoms with Gasteiger partial charge >= 0.3 is 0 Å². The van der Waals surface area contributed by atoms with Gasteiger partial charge in [0.2, 0.25) is 0 Å². The number of hydrogen-bond donors (Lipinski definition) is 1. The highest BCUT2D eigenvalue weighted by atomic mass is 35.5. The molecule has 0 radical (unpaired) electrons. The van der Waals surface area contributed by atoms with Crippen LogP contribution in [0.1, 0.15) is 24.1 Å². The van der Waals surface area contributed by atoms with Gasteiger partial charge in [-0.15, -0.1) is 11.3 Å². The number of hydrogen-bond acceptors (Lipinski definition) is 4. The van der Waals surface area contributed by atoms with Crippen molar-refractivity contribution in [2.24, 2.45) is 17.8 Å². The van der Waals surface area contributed by atoms with Crippen LogP contribution in [0.2, 0.25) is 10.0 Å². The fourth-order valence-electron chi connectivity index (χ4n) is 3.76. The van der Waals surface area contributed by atoms with Crippen molar-refractivity contribution in [1.82, 2.24) is 0 Å². The second-order valence-corrected chi connectivity index (χ2v) is 8.66. The highest BCUT2D eigenvalue weighted by Crippen LogP contribution is 2.40. The molecule has 1 heterocycles. The maximum absolute atomic E-state index is 10.5. The molecular formula is C20H21Cl2NO2S. The van der Waals surface area contributed by atoms with Gasteiger partial charge in [-0.2, -0.15) is 5.26 Å². The number of thiophene rings is 1. The average molecular weight is 410 g/mol. The Morgan fingerprint density at radius 2 is 2.00 bits per heavy atom. The van der Waals surface area contributed by atoms with Crippen LogP contribution in [-0.2, 0) is 6.42 Å². The standard InChI is InChI=1S/C20H21Cl2NO2S/c21-14-8-15(22)10-16(9-14)25-12-19-18(13(11-23)7-20(19)24)5-1-3-17-4-2-6-26-17/h2,4,6,8-10,13,18-20,24H,1,3,5,7,12H2/t13-,18-,19+,20+/m0/s1. The van der Waals surface area contributed by atoms with Crippen LogP contribution in [0.25, 0.3) is 0 Å². The second kappa shape index (κ2) is 9.10. The summed E-state index contributed by atoms with van der Waals surface area (Å²) in [6.07, 6.45) is 2.94. The summed E-state index contributed by atoms with van der Waals surface area (Å²) < 4.78 is 5.86. The molecular weight excluding hydrogens is 389 g/mol. The molecule has 1 saturated carbocycles. The molecule has 1 aromatic heterocycles. The van der Waals surface area contributed by atoms with Crippen molar-refractivity contribution in [3.8, 4) is 11.8 Å². The third-order valence-electron chi connectivity index (χ3n) is 5.04. The summed E-state index contributed by atoms with van der Waals surface area (Å²) >= 11 is 13.8. The van der Waals surface area contributed by atoms with Gasteiger partial charge in [-0.1, -0.05) is 29.3 Å². The van der Waals surface area contributed by atoms with Crippen LogP contribution in [0.4, 0.5) is 0 Å². The molecule has 4 atom stereocenters. The van der Waals surface area contributed by atoms with Gasteiger partial charge in [0.05, 0.1) is 24.7 Å². The lowest BCUT2D eigenvalue weighted by atomic mass is 9.85. The first-order valence-electron chi connectivity index (χ1n) is 8.76. The van der Waals surface area contributed by atoms with Crippen LogP contribution in [0.3, 0.4) is 0 Å². The molecule has 1 aliphatic carbocycles. The average Bonchev–Trinajstić information content (AvgIpc) is 3.20. The van der Waals surface area contributed by atoms with Gasteiger partial charge < -0.3 is 9.84 Å². The van der Waals surface area contributed by atoms with Crippen molar-refractivity contribution < 1.29 is 9.84 Å². The van der Waals surface area contributed by atoms with Crippen molar-refractivity contribution in [3.05, 3.63) is 50.6 Å². The zero-order valence-corrected chi connectivity index (χ0v) is 16.6. The van der Waals surface area contributed by atoms with E-state index in [2.05, 4.69) is 23.6 Å². The van der Waals surface area contributed by atoms with Gasteiger partial charge in [-0.3, -0.25) is 0 Å². The predicted octanol–water partition coefficient (Wildman–Crippen LogP) is 5.59. The number of aliphatic hydroxyl groups excluding tert-OH is 1. The number of aliphatic hydroxyl groups is 1. The molecule has 1 aromatic carbocycles. The Hall–Kier alpha value is -1.25. The molecule has 1 aliphatic rings. The molecule has 1 N–H and O–H groups in total. The summed E-state index contributed by atoms with van der Waals surface area (Å²) in [4.78, 5) is 1.36. The van der Waals surface area contributed by atoms with Crippen molar-refractivity contribution >= 4 is 34.5 Å². The van der Waals surface area contributed by atoms with Crippen LogP contribution in [0, 0.1) is 29.1 Å². The summed E-state index contributed by atoms with van der Waals surface area (Å²) in [6.45, 7) is 0.361. The maximum Gasteiger partial charge on any atom is 0.122 e. The molecule has 1 fully saturated rings. The third-order valence-corrected chi connectivity index (χ3v) is 6.41. The molecule has 3 rings (SSSR count). The van der Waals surface area contributed by atoms with Gasteiger partial charge in [0.1, 0.15) is 5.75 Å². The van der Waals surface area contributed by atoms with E-state index < -0.39 is 6.10 Å². The first-order valence-corrected chi connectivity index (χ1v) is 10.4. The highest BCUT2D eigenvalue weighted by molar-refractivity contribution is 7.09. The molecule has 6 heteroatoms. The summed E-state index contributed by atoms with van der Waals surface area (Å²) in [5.41, 5.74) is 0. The molecule has 26 heavy (non-hydrogen) atoms. The Bertz CT molecular complexity index is 739. The minimum atomic E-state index is -0.513. The normalized spacial score (nSPS) is 25.2. The summed E-state index contributed by atoms with van der Waals surface area (Å²) in [6, 6.07) is 11.7. The van der Waals surface area contributed by atoms with E-state index in [0.717, 1.165) is 19.3 Å². The maximum atomic E-state index is 10.5. The van der Waals surface area contributed by atoms with Crippen molar-refractivity contribution in [2.75, 3.05) is 6.61 Å². The number of nitriles is 1. The van der Waals surface area contributed by atoms with Crippen molar-refractivity contribution in [3.63, 3.8) is 0 Å². The fraction of sp³-hybridized carbons (Fsp3) is 0.450. The van der Waals surface area contributed by atoms with Gasteiger partial charge in [-0.25, -0.2) is 0 Å². The van der Waals surface area contributed by atoms with E-state index >= 15 is 0 Å². The van der Waals surface area contributed by atoms with Crippen molar-refractivity contribution in [2.45, 2.75) is 31.8 Å². The molecule has 2 aromatic rings. The number of rotatable bonds is 7. The van der Waals surface area contributed by atoms with E-state index in [1.54, 1.807) is 29.5 Å². The number of aryl methyl sites for hydroxylation is 1. The Labute approximate surface area is 168 Å². The minimum absolute atomic E-state index is 0.0549. The third kappa shape index (κ3) is 4.92. The van der Waals surface area contributed by atoms with Crippen molar-refractivity contribution in [1.29, 1.82) is 5.26 Å². The molecule has 0 spiro atoms. The minimum Gasteiger partial charge on any atom is -0.493 e. The largest absolute Gasteiger partial charge is 0.493 e. The molecule has 0 bridgehead atoms. The number of benzene rings is 1. The van der Waals surface area contributed by atoms with Gasteiger partial charge in [-0.05, 0) is 61.2 Å². The molecule has 0 aliphatic heterocycles. The second-order valence-electron chi connectivity index (χ2n) is 6.75. The van der Waals surface area contributed by atoms with Crippen LogP contribution in [-0.4, -0.2) is 17.8 Å². The zero-order chi connectivity index (χ0) is 18.5. The first-order chi connectivity index (χ1) is 12.6. The lowest BCUT2D eigenvalue weighted by Crippen LogP contribution is -2.27. The smallest absolute Gasteiger partial charge is 0.122 e. The van der Waals surface area contributed by atoms with E-state index in [9.17, 15) is 10.4 Å². The van der Waals surface area contributed by atoms with E-state index in [-0.39, 0.29) is 17.8 Å². The van der Waals surface area contributed by atoms with Crippen LogP contribution in [0.5, 0.6) is 5.75 Å².